The molecule has 2 aromatic rings. The maximum atomic E-state index is 8.85. The SMILES string of the molecule is COc1cc(C#N)ccc1NCc1c(C)noc1C. The number of anilines is 1. The molecule has 0 aliphatic carbocycles. The van der Waals surface area contributed by atoms with Gasteiger partial charge < -0.3 is 14.6 Å². The van der Waals surface area contributed by atoms with Crippen LogP contribution in [0.3, 0.4) is 0 Å². The van der Waals surface area contributed by atoms with Crippen LogP contribution in [0.5, 0.6) is 5.75 Å². The second-order valence-electron chi connectivity index (χ2n) is 4.18. The first-order chi connectivity index (χ1) is 9.15. The lowest BCUT2D eigenvalue weighted by Crippen LogP contribution is -2.03. The zero-order chi connectivity index (χ0) is 13.8. The number of ether oxygens (including phenoxy) is 1. The highest BCUT2D eigenvalue weighted by Crippen LogP contribution is 2.26. The largest absolute Gasteiger partial charge is 0.495 e. The van der Waals surface area contributed by atoms with Crippen molar-refractivity contribution in [1.29, 1.82) is 5.26 Å². The molecule has 1 aromatic heterocycles. The second kappa shape index (κ2) is 5.44. The van der Waals surface area contributed by atoms with Crippen LogP contribution in [0.4, 0.5) is 5.69 Å². The van der Waals surface area contributed by atoms with Crippen LogP contribution >= 0.6 is 0 Å². The molecule has 0 aliphatic rings. The topological polar surface area (TPSA) is 71.1 Å². The Balaban J connectivity index is 2.18. The van der Waals surface area contributed by atoms with Gasteiger partial charge in [0.1, 0.15) is 11.5 Å². The number of rotatable bonds is 4. The first-order valence-corrected chi connectivity index (χ1v) is 5.89. The molecule has 5 heteroatoms. The van der Waals surface area contributed by atoms with Gasteiger partial charge in [-0.3, -0.25) is 0 Å². The molecular formula is C14H15N3O2. The minimum Gasteiger partial charge on any atom is -0.495 e. The molecule has 98 valence electrons. The van der Waals surface area contributed by atoms with Crippen LogP contribution in [0.2, 0.25) is 0 Å². The van der Waals surface area contributed by atoms with Gasteiger partial charge in [0.25, 0.3) is 0 Å². The van der Waals surface area contributed by atoms with Crippen LogP contribution in [0.1, 0.15) is 22.6 Å². The monoisotopic (exact) mass is 257 g/mol. The van der Waals surface area contributed by atoms with E-state index in [1.54, 1.807) is 19.2 Å². The molecule has 19 heavy (non-hydrogen) atoms. The van der Waals surface area contributed by atoms with Gasteiger partial charge in [-0.25, -0.2) is 0 Å². The third-order valence-electron chi connectivity index (χ3n) is 2.97. The van der Waals surface area contributed by atoms with Crippen molar-refractivity contribution in [3.05, 3.63) is 40.8 Å². The summed E-state index contributed by atoms with van der Waals surface area (Å²) >= 11 is 0. The van der Waals surface area contributed by atoms with E-state index in [1.807, 2.05) is 19.9 Å². The Morgan fingerprint density at radius 3 is 2.79 bits per heavy atom. The van der Waals surface area contributed by atoms with Gasteiger partial charge in [0.2, 0.25) is 0 Å². The van der Waals surface area contributed by atoms with Crippen LogP contribution < -0.4 is 10.1 Å². The number of nitrogens with zero attached hydrogens (tertiary/aromatic N) is 2. The first-order valence-electron chi connectivity index (χ1n) is 5.89. The molecule has 0 fully saturated rings. The van der Waals surface area contributed by atoms with Gasteiger partial charge in [0.05, 0.1) is 30.1 Å². The summed E-state index contributed by atoms with van der Waals surface area (Å²) in [5.41, 5.74) is 3.31. The molecule has 0 bridgehead atoms. The standard InChI is InChI=1S/C14H15N3O2/c1-9-12(10(2)19-17-9)8-16-13-5-4-11(7-15)6-14(13)18-3/h4-6,16H,8H2,1-3H3. The molecule has 0 unspecified atom stereocenters. The Bertz CT molecular complexity index is 607. The lowest BCUT2D eigenvalue weighted by Gasteiger charge is -2.11. The first kappa shape index (κ1) is 13.0. The Labute approximate surface area is 111 Å². The summed E-state index contributed by atoms with van der Waals surface area (Å²) in [6.45, 7) is 4.39. The minimum atomic E-state index is 0.569. The maximum Gasteiger partial charge on any atom is 0.143 e. The summed E-state index contributed by atoms with van der Waals surface area (Å²) in [7, 11) is 1.58. The molecule has 0 aliphatic heterocycles. The predicted octanol–water partition coefficient (Wildman–Crippen LogP) is 2.78. The lowest BCUT2D eigenvalue weighted by atomic mass is 10.1. The van der Waals surface area contributed by atoms with Gasteiger partial charge >= 0.3 is 0 Å². The van der Waals surface area contributed by atoms with E-state index >= 15 is 0 Å². The molecule has 0 saturated heterocycles. The molecule has 0 atom stereocenters. The molecule has 1 N–H and O–H groups in total. The second-order valence-corrected chi connectivity index (χ2v) is 4.18. The summed E-state index contributed by atoms with van der Waals surface area (Å²) in [4.78, 5) is 0. The minimum absolute atomic E-state index is 0.569. The van der Waals surface area contributed by atoms with Crippen LogP contribution in [0.15, 0.2) is 22.7 Å². The Morgan fingerprint density at radius 2 is 2.21 bits per heavy atom. The van der Waals surface area contributed by atoms with Gasteiger partial charge in [-0.15, -0.1) is 0 Å². The van der Waals surface area contributed by atoms with E-state index in [0.717, 1.165) is 22.7 Å². The third kappa shape index (κ3) is 2.68. The van der Waals surface area contributed by atoms with Crippen molar-refractivity contribution in [2.24, 2.45) is 0 Å². The normalized spacial score (nSPS) is 10.0. The average Bonchev–Trinajstić information content (AvgIpc) is 2.75. The molecule has 1 heterocycles. The number of hydrogen-bond donors (Lipinski definition) is 1. The zero-order valence-corrected chi connectivity index (χ0v) is 11.2. The quantitative estimate of drug-likeness (QED) is 0.911. The summed E-state index contributed by atoms with van der Waals surface area (Å²) in [6, 6.07) is 7.37. The van der Waals surface area contributed by atoms with Gasteiger partial charge in [0, 0.05) is 18.2 Å². The van der Waals surface area contributed by atoms with E-state index in [1.165, 1.54) is 0 Å². The Morgan fingerprint density at radius 1 is 1.42 bits per heavy atom. The maximum absolute atomic E-state index is 8.85. The zero-order valence-electron chi connectivity index (χ0n) is 11.2. The molecular weight excluding hydrogens is 242 g/mol. The van der Waals surface area contributed by atoms with Gasteiger partial charge in [-0.05, 0) is 26.0 Å². The van der Waals surface area contributed by atoms with Crippen LogP contribution in [-0.2, 0) is 6.54 Å². The molecule has 5 nitrogen and oxygen atoms in total. The molecule has 2 rings (SSSR count). The smallest absolute Gasteiger partial charge is 0.143 e. The van der Waals surface area contributed by atoms with Crippen molar-refractivity contribution in [2.45, 2.75) is 20.4 Å². The van der Waals surface area contributed by atoms with E-state index in [0.29, 0.717) is 17.9 Å². The number of hydrogen-bond acceptors (Lipinski definition) is 5. The Hall–Kier alpha value is -2.48. The lowest BCUT2D eigenvalue weighted by molar-refractivity contribution is 0.392. The predicted molar refractivity (Wildman–Crippen MR) is 71.0 cm³/mol. The van der Waals surface area contributed by atoms with E-state index in [4.69, 9.17) is 14.5 Å². The van der Waals surface area contributed by atoms with Crippen LogP contribution in [0, 0.1) is 25.2 Å². The fourth-order valence-electron chi connectivity index (χ4n) is 1.84. The molecule has 1 aromatic carbocycles. The van der Waals surface area contributed by atoms with E-state index < -0.39 is 0 Å². The number of aryl methyl sites for hydroxylation is 2. The van der Waals surface area contributed by atoms with E-state index in [-0.39, 0.29) is 0 Å². The number of nitriles is 1. The van der Waals surface area contributed by atoms with Crippen molar-refractivity contribution in [2.75, 3.05) is 12.4 Å². The summed E-state index contributed by atoms with van der Waals surface area (Å²) in [6.07, 6.45) is 0. The average molecular weight is 257 g/mol. The molecule has 0 saturated carbocycles. The summed E-state index contributed by atoms with van der Waals surface area (Å²) in [5.74, 6) is 1.45. The highest BCUT2D eigenvalue weighted by atomic mass is 16.5. The van der Waals surface area contributed by atoms with E-state index in [9.17, 15) is 0 Å². The molecule has 0 radical (unpaired) electrons. The summed E-state index contributed by atoms with van der Waals surface area (Å²) in [5, 5.41) is 16.0. The van der Waals surface area contributed by atoms with E-state index in [2.05, 4.69) is 16.5 Å². The highest BCUT2D eigenvalue weighted by Gasteiger charge is 2.10. The van der Waals surface area contributed by atoms with Crippen LogP contribution in [-0.4, -0.2) is 12.3 Å². The van der Waals surface area contributed by atoms with Crippen LogP contribution in [0.25, 0.3) is 0 Å². The fraction of sp³-hybridized carbons (Fsp3) is 0.286. The highest BCUT2D eigenvalue weighted by molar-refractivity contribution is 5.59. The van der Waals surface area contributed by atoms with Crippen molar-refractivity contribution in [3.63, 3.8) is 0 Å². The fourth-order valence-corrected chi connectivity index (χ4v) is 1.84. The third-order valence-corrected chi connectivity index (χ3v) is 2.97. The molecule has 0 amide bonds. The number of benzene rings is 1. The number of nitrogens with one attached hydrogen (secondary N) is 1. The van der Waals surface area contributed by atoms with Crippen molar-refractivity contribution < 1.29 is 9.26 Å². The van der Waals surface area contributed by atoms with Crippen molar-refractivity contribution in [3.8, 4) is 11.8 Å². The number of methoxy groups -OCH3 is 1. The molecule has 0 spiro atoms. The van der Waals surface area contributed by atoms with Gasteiger partial charge in [-0.1, -0.05) is 5.16 Å². The van der Waals surface area contributed by atoms with Gasteiger partial charge in [0.15, 0.2) is 0 Å². The summed E-state index contributed by atoms with van der Waals surface area (Å²) < 4.78 is 10.4. The number of aromatic nitrogens is 1. The van der Waals surface area contributed by atoms with Crippen molar-refractivity contribution >= 4 is 5.69 Å². The Kier molecular flexibility index (Phi) is 3.71. The van der Waals surface area contributed by atoms with Gasteiger partial charge in [-0.2, -0.15) is 5.26 Å². The van der Waals surface area contributed by atoms with Crippen molar-refractivity contribution in [1.82, 2.24) is 5.16 Å².